The van der Waals surface area contributed by atoms with Crippen LogP contribution < -0.4 is 15.4 Å². The van der Waals surface area contributed by atoms with E-state index in [1.54, 1.807) is 31.4 Å². The Kier molecular flexibility index (Phi) is 6.70. The summed E-state index contributed by atoms with van der Waals surface area (Å²) in [5.41, 5.74) is 2.79. The highest BCUT2D eigenvalue weighted by Gasteiger charge is 2.29. The van der Waals surface area contributed by atoms with E-state index < -0.39 is 0 Å². The van der Waals surface area contributed by atoms with Crippen molar-refractivity contribution >= 4 is 39.1 Å². The number of aryl methyl sites for hydroxylation is 1. The summed E-state index contributed by atoms with van der Waals surface area (Å²) in [6, 6.07) is 10.6. The smallest absolute Gasteiger partial charge is 0.255 e. The van der Waals surface area contributed by atoms with E-state index in [1.807, 2.05) is 19.1 Å². The number of halogens is 1. The zero-order valence-corrected chi connectivity index (χ0v) is 17.5. The van der Waals surface area contributed by atoms with Gasteiger partial charge in [-0.2, -0.15) is 0 Å². The van der Waals surface area contributed by atoms with Gasteiger partial charge in [-0.25, -0.2) is 0 Å². The molecular formula is C21H23BrN2O4. The van der Waals surface area contributed by atoms with E-state index in [0.717, 1.165) is 24.1 Å². The third-order valence-corrected chi connectivity index (χ3v) is 5.06. The van der Waals surface area contributed by atoms with Gasteiger partial charge in [-0.1, -0.05) is 6.07 Å². The first-order valence-corrected chi connectivity index (χ1v) is 9.91. The molecule has 0 spiro atoms. The summed E-state index contributed by atoms with van der Waals surface area (Å²) < 4.78 is 11.2. The lowest BCUT2D eigenvalue weighted by Gasteiger charge is -2.12. The Bertz CT molecular complexity index is 881. The van der Waals surface area contributed by atoms with Crippen molar-refractivity contribution in [2.45, 2.75) is 19.8 Å². The predicted octanol–water partition coefficient (Wildman–Crippen LogP) is 4.38. The number of anilines is 2. The Labute approximate surface area is 172 Å². The van der Waals surface area contributed by atoms with E-state index >= 15 is 0 Å². The number of carbonyl (C=O) groups is 2. The number of rotatable bonds is 8. The Morgan fingerprint density at radius 3 is 2.57 bits per heavy atom. The molecule has 0 aromatic heterocycles. The Hall–Kier alpha value is -2.38. The minimum Gasteiger partial charge on any atom is -0.490 e. The van der Waals surface area contributed by atoms with Gasteiger partial charge >= 0.3 is 0 Å². The summed E-state index contributed by atoms with van der Waals surface area (Å²) in [5, 5.41) is 5.81. The van der Waals surface area contributed by atoms with Crippen molar-refractivity contribution in [1.29, 1.82) is 0 Å². The van der Waals surface area contributed by atoms with Crippen molar-refractivity contribution in [3.63, 3.8) is 0 Å². The summed E-state index contributed by atoms with van der Waals surface area (Å²) in [6.07, 6.45) is 1.89. The molecule has 3 rings (SSSR count). The van der Waals surface area contributed by atoms with Gasteiger partial charge in [-0.3, -0.25) is 9.59 Å². The Morgan fingerprint density at radius 1 is 1.11 bits per heavy atom. The molecule has 28 heavy (non-hydrogen) atoms. The topological polar surface area (TPSA) is 76.7 Å². The molecule has 7 heteroatoms. The van der Waals surface area contributed by atoms with E-state index in [4.69, 9.17) is 9.47 Å². The second-order valence-corrected chi connectivity index (χ2v) is 7.59. The predicted molar refractivity (Wildman–Crippen MR) is 112 cm³/mol. The molecule has 0 bridgehead atoms. The molecule has 0 saturated heterocycles. The second-order valence-electron chi connectivity index (χ2n) is 6.73. The second kappa shape index (κ2) is 9.21. The standard InChI is InChI=1S/C21H23BrN2O4/c1-13-3-7-16(12-18(13)24-20(25)14-4-5-14)23-21(26)15-6-8-19(17(22)11-15)28-10-9-27-2/h3,6-8,11-12,14H,4-5,9-10H2,1-2H3,(H,23,26)(H,24,25). The molecule has 1 saturated carbocycles. The van der Waals surface area contributed by atoms with Gasteiger partial charge in [0.25, 0.3) is 5.91 Å². The van der Waals surface area contributed by atoms with Gasteiger partial charge < -0.3 is 20.1 Å². The number of amides is 2. The summed E-state index contributed by atoms with van der Waals surface area (Å²) in [4.78, 5) is 24.6. The largest absolute Gasteiger partial charge is 0.490 e. The fourth-order valence-electron chi connectivity index (χ4n) is 2.61. The number of carbonyl (C=O) groups excluding carboxylic acids is 2. The number of hydrogen-bond donors (Lipinski definition) is 2. The van der Waals surface area contributed by atoms with E-state index in [0.29, 0.717) is 34.7 Å². The SMILES string of the molecule is COCCOc1ccc(C(=O)Nc2ccc(C)c(NC(=O)C3CC3)c2)cc1Br. The van der Waals surface area contributed by atoms with Gasteiger partial charge in [0.05, 0.1) is 11.1 Å². The monoisotopic (exact) mass is 446 g/mol. The Balaban J connectivity index is 1.67. The lowest BCUT2D eigenvalue weighted by molar-refractivity contribution is -0.117. The van der Waals surface area contributed by atoms with Crippen molar-refractivity contribution < 1.29 is 19.1 Å². The number of benzene rings is 2. The van der Waals surface area contributed by atoms with Crippen LogP contribution >= 0.6 is 15.9 Å². The van der Waals surface area contributed by atoms with E-state index in [2.05, 4.69) is 26.6 Å². The number of ether oxygens (including phenoxy) is 2. The van der Waals surface area contributed by atoms with Gasteiger partial charge in [0.1, 0.15) is 12.4 Å². The van der Waals surface area contributed by atoms with E-state index in [9.17, 15) is 9.59 Å². The van der Waals surface area contributed by atoms with E-state index in [1.165, 1.54) is 0 Å². The number of hydrogen-bond acceptors (Lipinski definition) is 4. The van der Waals surface area contributed by atoms with Crippen molar-refractivity contribution in [3.8, 4) is 5.75 Å². The first kappa shape index (κ1) is 20.4. The molecular weight excluding hydrogens is 424 g/mol. The Morgan fingerprint density at radius 2 is 1.89 bits per heavy atom. The van der Waals surface area contributed by atoms with Gasteiger partial charge in [0, 0.05) is 30.0 Å². The zero-order valence-electron chi connectivity index (χ0n) is 15.9. The first-order chi connectivity index (χ1) is 13.5. The quantitative estimate of drug-likeness (QED) is 0.589. The maximum Gasteiger partial charge on any atom is 0.255 e. The molecule has 0 radical (unpaired) electrons. The molecule has 0 aliphatic heterocycles. The van der Waals surface area contributed by atoms with Gasteiger partial charge in [-0.05, 0) is 71.6 Å². The van der Waals surface area contributed by atoms with Crippen LogP contribution in [0, 0.1) is 12.8 Å². The van der Waals surface area contributed by atoms with Crippen LogP contribution in [-0.4, -0.2) is 32.1 Å². The minimum atomic E-state index is -0.243. The minimum absolute atomic E-state index is 0.0413. The molecule has 2 aromatic rings. The highest BCUT2D eigenvalue weighted by Crippen LogP contribution is 2.31. The van der Waals surface area contributed by atoms with Crippen molar-refractivity contribution in [2.24, 2.45) is 5.92 Å². The van der Waals surface area contributed by atoms with Gasteiger partial charge in [0.2, 0.25) is 5.91 Å². The van der Waals surface area contributed by atoms with Crippen molar-refractivity contribution in [2.75, 3.05) is 31.0 Å². The van der Waals surface area contributed by atoms with Gasteiger partial charge in [0.15, 0.2) is 0 Å². The summed E-state index contributed by atoms with van der Waals surface area (Å²) in [6.45, 7) is 2.84. The third-order valence-electron chi connectivity index (χ3n) is 4.44. The molecule has 148 valence electrons. The molecule has 2 amide bonds. The van der Waals surface area contributed by atoms with E-state index in [-0.39, 0.29) is 17.7 Å². The van der Waals surface area contributed by atoms with Crippen LogP contribution in [0.25, 0.3) is 0 Å². The molecule has 0 unspecified atom stereocenters. The third kappa shape index (κ3) is 5.33. The highest BCUT2D eigenvalue weighted by molar-refractivity contribution is 9.10. The maximum absolute atomic E-state index is 12.6. The molecule has 2 N–H and O–H groups in total. The van der Waals surface area contributed by atoms with Crippen LogP contribution in [0.2, 0.25) is 0 Å². The summed E-state index contributed by atoms with van der Waals surface area (Å²) >= 11 is 3.43. The molecule has 1 aliphatic rings. The summed E-state index contributed by atoms with van der Waals surface area (Å²) in [5.74, 6) is 0.570. The average Bonchev–Trinajstić information content (AvgIpc) is 3.51. The fourth-order valence-corrected chi connectivity index (χ4v) is 3.11. The summed E-state index contributed by atoms with van der Waals surface area (Å²) in [7, 11) is 1.61. The fraction of sp³-hybridized carbons (Fsp3) is 0.333. The van der Waals surface area contributed by atoms with Crippen LogP contribution in [0.1, 0.15) is 28.8 Å². The van der Waals surface area contributed by atoms with Crippen molar-refractivity contribution in [1.82, 2.24) is 0 Å². The van der Waals surface area contributed by atoms with Crippen LogP contribution in [0.15, 0.2) is 40.9 Å². The molecule has 1 fully saturated rings. The molecule has 0 heterocycles. The average molecular weight is 447 g/mol. The molecule has 6 nitrogen and oxygen atoms in total. The molecule has 2 aromatic carbocycles. The normalized spacial score (nSPS) is 13.1. The van der Waals surface area contributed by atoms with Crippen LogP contribution in [0.3, 0.4) is 0 Å². The maximum atomic E-state index is 12.6. The van der Waals surface area contributed by atoms with Gasteiger partial charge in [-0.15, -0.1) is 0 Å². The first-order valence-electron chi connectivity index (χ1n) is 9.12. The lowest BCUT2D eigenvalue weighted by Crippen LogP contribution is -2.15. The van der Waals surface area contributed by atoms with Crippen LogP contribution in [0.5, 0.6) is 5.75 Å². The lowest BCUT2D eigenvalue weighted by atomic mass is 10.1. The van der Waals surface area contributed by atoms with Crippen molar-refractivity contribution in [3.05, 3.63) is 52.0 Å². The molecule has 1 aliphatic carbocycles. The number of nitrogens with one attached hydrogen (secondary N) is 2. The molecule has 0 atom stereocenters. The number of methoxy groups -OCH3 is 1. The zero-order chi connectivity index (χ0) is 20.1. The highest BCUT2D eigenvalue weighted by atomic mass is 79.9. The van der Waals surface area contributed by atoms with Crippen LogP contribution in [-0.2, 0) is 9.53 Å². The van der Waals surface area contributed by atoms with Crippen LogP contribution in [0.4, 0.5) is 11.4 Å².